The number of aromatic hydroxyl groups is 1. The summed E-state index contributed by atoms with van der Waals surface area (Å²) >= 11 is 6.38. The van der Waals surface area contributed by atoms with E-state index in [0.29, 0.717) is 8.95 Å². The van der Waals surface area contributed by atoms with Crippen LogP contribution >= 0.6 is 31.9 Å². The average molecular weight is 441 g/mol. The molecule has 1 amide bonds. The Morgan fingerprint density at radius 3 is 2.45 bits per heavy atom. The second-order valence-corrected chi connectivity index (χ2v) is 7.49. The molecule has 22 heavy (non-hydrogen) atoms. The van der Waals surface area contributed by atoms with Gasteiger partial charge in [-0.15, -0.1) is 0 Å². The zero-order valence-corrected chi connectivity index (χ0v) is 15.6. The Balaban J connectivity index is 2.70. The zero-order valence-electron chi connectivity index (χ0n) is 12.4. The normalized spacial score (nSPS) is 14.3. The van der Waals surface area contributed by atoms with Crippen LogP contribution in [0.3, 0.4) is 0 Å². The van der Waals surface area contributed by atoms with Crippen molar-refractivity contribution in [3.8, 4) is 5.75 Å². The zero-order chi connectivity index (χ0) is 17.1. The van der Waals surface area contributed by atoms with Crippen LogP contribution in [0.2, 0.25) is 0 Å². The summed E-state index contributed by atoms with van der Waals surface area (Å²) in [4.78, 5) is 11.5. The van der Waals surface area contributed by atoms with Crippen LogP contribution in [0.15, 0.2) is 21.1 Å². The second kappa shape index (κ2) is 7.63. The van der Waals surface area contributed by atoms with Crippen LogP contribution in [0, 0.1) is 0 Å². The highest BCUT2D eigenvalue weighted by Gasteiger charge is 2.24. The number of rotatable bonds is 4. The SMILES string of the molecule is CC(C)(C)OC(=O)NCC(O)C(O)c1cc(Br)cc(Br)c1O. The lowest BCUT2D eigenvalue weighted by molar-refractivity contribution is 0.0118. The molecule has 0 heterocycles. The number of ether oxygens (including phenoxy) is 1. The van der Waals surface area contributed by atoms with Gasteiger partial charge >= 0.3 is 6.09 Å². The first kappa shape index (κ1) is 19.2. The van der Waals surface area contributed by atoms with Crippen LogP contribution in [0.25, 0.3) is 0 Å². The van der Waals surface area contributed by atoms with Gasteiger partial charge in [-0.1, -0.05) is 15.9 Å². The number of aliphatic hydroxyl groups excluding tert-OH is 2. The molecule has 1 aromatic rings. The van der Waals surface area contributed by atoms with E-state index in [9.17, 15) is 20.1 Å². The molecule has 1 aromatic carbocycles. The first-order chi connectivity index (χ1) is 10.0. The molecule has 2 atom stereocenters. The van der Waals surface area contributed by atoms with E-state index in [0.717, 1.165) is 0 Å². The topological polar surface area (TPSA) is 99.0 Å². The maximum Gasteiger partial charge on any atom is 0.407 e. The van der Waals surface area contributed by atoms with Crippen molar-refractivity contribution in [2.24, 2.45) is 0 Å². The number of carbonyl (C=O) groups is 1. The van der Waals surface area contributed by atoms with Crippen LogP contribution in [0.5, 0.6) is 5.75 Å². The fourth-order valence-electron chi connectivity index (χ4n) is 1.63. The Morgan fingerprint density at radius 2 is 1.91 bits per heavy atom. The van der Waals surface area contributed by atoms with E-state index in [1.54, 1.807) is 26.8 Å². The van der Waals surface area contributed by atoms with E-state index in [1.165, 1.54) is 6.07 Å². The van der Waals surface area contributed by atoms with E-state index in [2.05, 4.69) is 37.2 Å². The smallest absolute Gasteiger partial charge is 0.407 e. The third-order valence-corrected chi connectivity index (χ3v) is 3.66. The average Bonchev–Trinajstić information content (AvgIpc) is 2.37. The number of aliphatic hydroxyl groups is 2. The molecule has 0 aliphatic carbocycles. The van der Waals surface area contributed by atoms with E-state index in [-0.39, 0.29) is 17.9 Å². The van der Waals surface area contributed by atoms with Gasteiger partial charge in [0.2, 0.25) is 0 Å². The Kier molecular flexibility index (Phi) is 6.66. The minimum atomic E-state index is -1.37. The number of phenols is 1. The number of amides is 1. The van der Waals surface area contributed by atoms with Crippen molar-refractivity contribution in [1.82, 2.24) is 5.32 Å². The lowest BCUT2D eigenvalue weighted by Crippen LogP contribution is -2.38. The number of nitrogens with one attached hydrogen (secondary N) is 1. The van der Waals surface area contributed by atoms with Gasteiger partial charge in [-0.05, 0) is 48.8 Å². The molecule has 0 radical (unpaired) electrons. The van der Waals surface area contributed by atoms with Crippen molar-refractivity contribution in [3.63, 3.8) is 0 Å². The first-order valence-corrected chi connectivity index (χ1v) is 8.10. The molecule has 0 bridgehead atoms. The Hall–Kier alpha value is -0.830. The van der Waals surface area contributed by atoms with Crippen LogP contribution in [0.1, 0.15) is 32.4 Å². The molecular formula is C14H19Br2NO5. The summed E-state index contributed by atoms with van der Waals surface area (Å²) in [5, 5.41) is 32.4. The quantitative estimate of drug-likeness (QED) is 0.576. The highest BCUT2D eigenvalue weighted by atomic mass is 79.9. The number of benzene rings is 1. The highest BCUT2D eigenvalue weighted by molar-refractivity contribution is 9.11. The molecule has 0 spiro atoms. The van der Waals surface area contributed by atoms with Gasteiger partial charge in [0.15, 0.2) is 0 Å². The minimum absolute atomic E-state index is 0.139. The maximum atomic E-state index is 11.5. The summed E-state index contributed by atoms with van der Waals surface area (Å²) in [6, 6.07) is 3.10. The van der Waals surface area contributed by atoms with Gasteiger partial charge < -0.3 is 25.4 Å². The van der Waals surface area contributed by atoms with Gasteiger partial charge in [0, 0.05) is 16.6 Å². The third kappa shape index (κ3) is 5.75. The molecule has 0 saturated carbocycles. The fourth-order valence-corrected chi connectivity index (χ4v) is 2.89. The molecule has 124 valence electrons. The minimum Gasteiger partial charge on any atom is -0.506 e. The molecule has 0 saturated heterocycles. The van der Waals surface area contributed by atoms with Crippen LogP contribution < -0.4 is 5.32 Å². The van der Waals surface area contributed by atoms with Crippen LogP contribution in [-0.4, -0.2) is 39.7 Å². The van der Waals surface area contributed by atoms with Gasteiger partial charge in [-0.25, -0.2) is 4.79 Å². The summed E-state index contributed by atoms with van der Waals surface area (Å²) in [7, 11) is 0. The van der Waals surface area contributed by atoms with Crippen molar-refractivity contribution in [2.45, 2.75) is 38.6 Å². The van der Waals surface area contributed by atoms with Gasteiger partial charge in [0.1, 0.15) is 23.6 Å². The molecule has 4 N–H and O–H groups in total. The summed E-state index contributed by atoms with van der Waals surface area (Å²) < 4.78 is 6.03. The Morgan fingerprint density at radius 1 is 1.32 bits per heavy atom. The summed E-state index contributed by atoms with van der Waals surface area (Å²) in [6.45, 7) is 4.93. The molecular weight excluding hydrogens is 422 g/mol. The maximum absolute atomic E-state index is 11.5. The number of hydrogen-bond acceptors (Lipinski definition) is 5. The molecule has 0 aliphatic rings. The van der Waals surface area contributed by atoms with Crippen LogP contribution in [-0.2, 0) is 4.74 Å². The molecule has 0 aliphatic heterocycles. The lowest BCUT2D eigenvalue weighted by atomic mass is 10.0. The van der Waals surface area contributed by atoms with Crippen molar-refractivity contribution in [2.75, 3.05) is 6.54 Å². The molecule has 0 aromatic heterocycles. The van der Waals surface area contributed by atoms with Gasteiger partial charge in [0.25, 0.3) is 0 Å². The van der Waals surface area contributed by atoms with Gasteiger partial charge in [-0.2, -0.15) is 0 Å². The lowest BCUT2D eigenvalue weighted by Gasteiger charge is -2.23. The number of hydrogen-bond donors (Lipinski definition) is 4. The largest absolute Gasteiger partial charge is 0.506 e. The van der Waals surface area contributed by atoms with E-state index in [1.807, 2.05) is 0 Å². The summed E-state index contributed by atoms with van der Waals surface area (Å²) in [5.74, 6) is -0.174. The second-order valence-electron chi connectivity index (χ2n) is 5.72. The number of alkyl carbamates (subject to hydrolysis) is 1. The third-order valence-electron chi connectivity index (χ3n) is 2.60. The molecule has 0 fully saturated rings. The van der Waals surface area contributed by atoms with Crippen molar-refractivity contribution < 1.29 is 24.9 Å². The highest BCUT2D eigenvalue weighted by Crippen LogP contribution is 2.36. The molecule has 8 heteroatoms. The Labute approximate surface area is 145 Å². The van der Waals surface area contributed by atoms with Gasteiger partial charge in [0.05, 0.1) is 4.47 Å². The van der Waals surface area contributed by atoms with Crippen LogP contribution in [0.4, 0.5) is 4.79 Å². The van der Waals surface area contributed by atoms with E-state index >= 15 is 0 Å². The van der Waals surface area contributed by atoms with Crippen molar-refractivity contribution >= 4 is 38.0 Å². The molecule has 1 rings (SSSR count). The summed E-state index contributed by atoms with van der Waals surface area (Å²) in [5.41, 5.74) is -0.513. The Bertz CT molecular complexity index is 545. The van der Waals surface area contributed by atoms with Crippen molar-refractivity contribution in [3.05, 3.63) is 26.6 Å². The molecule has 6 nitrogen and oxygen atoms in total. The van der Waals surface area contributed by atoms with Gasteiger partial charge in [-0.3, -0.25) is 0 Å². The summed E-state index contributed by atoms with van der Waals surface area (Å²) in [6.07, 6.45) is -3.37. The predicted octanol–water partition coefficient (Wildman–Crippen LogP) is 2.84. The molecule has 2 unspecified atom stereocenters. The fraction of sp³-hybridized carbons (Fsp3) is 0.500. The number of phenolic OH excluding ortho intramolecular Hbond substituents is 1. The monoisotopic (exact) mass is 439 g/mol. The predicted molar refractivity (Wildman–Crippen MR) is 88.7 cm³/mol. The van der Waals surface area contributed by atoms with Crippen molar-refractivity contribution in [1.29, 1.82) is 0 Å². The van der Waals surface area contributed by atoms with E-state index < -0.39 is 23.9 Å². The number of carbonyl (C=O) groups excluding carboxylic acids is 1. The standard InChI is InChI=1S/C14H19Br2NO5/c1-14(2,3)22-13(21)17-6-10(18)12(20)8-4-7(15)5-9(16)11(8)19/h4-5,10,12,18-20H,6H2,1-3H3,(H,17,21). The number of halogens is 2. The van der Waals surface area contributed by atoms with E-state index in [4.69, 9.17) is 4.74 Å². The first-order valence-electron chi connectivity index (χ1n) is 6.52.